The lowest BCUT2D eigenvalue weighted by atomic mass is 9.91. The van der Waals surface area contributed by atoms with Gasteiger partial charge in [0.1, 0.15) is 0 Å². The third-order valence-corrected chi connectivity index (χ3v) is 4.71. The van der Waals surface area contributed by atoms with Gasteiger partial charge in [0.15, 0.2) is 0 Å². The van der Waals surface area contributed by atoms with E-state index in [1.165, 1.54) is 22.3 Å². The second kappa shape index (κ2) is 6.95. The standard InChI is InChI=1S/C18H21BrClN/c1-5-21-18(16-10-14(19)6-7-17(16)20)15-9-12(3)11(2)8-13(15)4/h6-10,18,21H,5H2,1-4H3. The Balaban J connectivity index is 2.58. The molecule has 0 aromatic heterocycles. The maximum atomic E-state index is 6.44. The van der Waals surface area contributed by atoms with Crippen LogP contribution >= 0.6 is 27.5 Å². The molecule has 0 fully saturated rings. The Hall–Kier alpha value is -0.830. The molecule has 0 aliphatic heterocycles. The molecule has 0 spiro atoms. The van der Waals surface area contributed by atoms with Crippen molar-refractivity contribution in [2.24, 2.45) is 0 Å². The molecule has 2 rings (SSSR count). The lowest BCUT2D eigenvalue weighted by Gasteiger charge is -2.23. The Labute approximate surface area is 140 Å². The van der Waals surface area contributed by atoms with Crippen LogP contribution in [0.4, 0.5) is 0 Å². The summed E-state index contributed by atoms with van der Waals surface area (Å²) in [5, 5.41) is 4.36. The molecule has 2 aromatic carbocycles. The summed E-state index contributed by atoms with van der Waals surface area (Å²) in [7, 11) is 0. The fourth-order valence-electron chi connectivity index (χ4n) is 2.62. The minimum atomic E-state index is 0.110. The first kappa shape index (κ1) is 16.5. The van der Waals surface area contributed by atoms with Gasteiger partial charge in [-0.15, -0.1) is 0 Å². The van der Waals surface area contributed by atoms with Crippen molar-refractivity contribution in [3.05, 3.63) is 67.6 Å². The van der Waals surface area contributed by atoms with Crippen LogP contribution in [0.2, 0.25) is 5.02 Å². The molecule has 2 aromatic rings. The molecule has 1 atom stereocenters. The molecule has 0 saturated carbocycles. The average Bonchev–Trinajstić information content (AvgIpc) is 2.43. The van der Waals surface area contributed by atoms with Crippen molar-refractivity contribution in [3.63, 3.8) is 0 Å². The highest BCUT2D eigenvalue weighted by molar-refractivity contribution is 9.10. The van der Waals surface area contributed by atoms with E-state index in [-0.39, 0.29) is 6.04 Å². The summed E-state index contributed by atoms with van der Waals surface area (Å²) in [5.41, 5.74) is 6.33. The molecule has 21 heavy (non-hydrogen) atoms. The number of rotatable bonds is 4. The summed E-state index contributed by atoms with van der Waals surface area (Å²) < 4.78 is 1.05. The second-order valence-electron chi connectivity index (χ2n) is 5.45. The first-order valence-electron chi connectivity index (χ1n) is 7.20. The van der Waals surface area contributed by atoms with Crippen LogP contribution in [-0.2, 0) is 0 Å². The maximum absolute atomic E-state index is 6.44. The maximum Gasteiger partial charge on any atom is 0.0594 e. The van der Waals surface area contributed by atoms with Gasteiger partial charge < -0.3 is 5.32 Å². The van der Waals surface area contributed by atoms with Gasteiger partial charge in [0.25, 0.3) is 0 Å². The second-order valence-corrected chi connectivity index (χ2v) is 6.77. The largest absolute Gasteiger partial charge is 0.306 e. The van der Waals surface area contributed by atoms with E-state index in [1.54, 1.807) is 0 Å². The van der Waals surface area contributed by atoms with E-state index in [9.17, 15) is 0 Å². The molecule has 0 aliphatic rings. The molecule has 0 bridgehead atoms. The Morgan fingerprint density at radius 3 is 2.33 bits per heavy atom. The Morgan fingerprint density at radius 2 is 1.67 bits per heavy atom. The molecular weight excluding hydrogens is 346 g/mol. The van der Waals surface area contributed by atoms with Gasteiger partial charge in [-0.3, -0.25) is 0 Å². The van der Waals surface area contributed by atoms with Gasteiger partial charge in [-0.25, -0.2) is 0 Å². The summed E-state index contributed by atoms with van der Waals surface area (Å²) in [6.45, 7) is 9.48. The molecule has 0 radical (unpaired) electrons. The molecular formula is C18H21BrClN. The summed E-state index contributed by atoms with van der Waals surface area (Å²) in [6, 6.07) is 10.7. The predicted molar refractivity (Wildman–Crippen MR) is 95.3 cm³/mol. The topological polar surface area (TPSA) is 12.0 Å². The molecule has 0 saturated heterocycles. The smallest absolute Gasteiger partial charge is 0.0594 e. The van der Waals surface area contributed by atoms with Crippen molar-refractivity contribution in [3.8, 4) is 0 Å². The quantitative estimate of drug-likeness (QED) is 0.729. The number of aryl methyl sites for hydroxylation is 3. The van der Waals surface area contributed by atoms with Gasteiger partial charge >= 0.3 is 0 Å². The predicted octanol–water partition coefficient (Wildman–Crippen LogP) is 5.73. The van der Waals surface area contributed by atoms with E-state index in [0.717, 1.165) is 21.6 Å². The zero-order chi connectivity index (χ0) is 15.6. The van der Waals surface area contributed by atoms with Crippen LogP contribution in [0.15, 0.2) is 34.8 Å². The van der Waals surface area contributed by atoms with Crippen LogP contribution < -0.4 is 5.32 Å². The SMILES string of the molecule is CCNC(c1cc(C)c(C)cc1C)c1cc(Br)ccc1Cl. The van der Waals surface area contributed by atoms with Crippen LogP contribution in [0.5, 0.6) is 0 Å². The van der Waals surface area contributed by atoms with Crippen LogP contribution in [-0.4, -0.2) is 6.54 Å². The zero-order valence-electron chi connectivity index (χ0n) is 12.9. The lowest BCUT2D eigenvalue weighted by molar-refractivity contribution is 0.627. The van der Waals surface area contributed by atoms with Crippen LogP contribution in [0.1, 0.15) is 40.8 Å². The summed E-state index contributed by atoms with van der Waals surface area (Å²) in [6.07, 6.45) is 0. The minimum Gasteiger partial charge on any atom is -0.306 e. The lowest BCUT2D eigenvalue weighted by Crippen LogP contribution is -2.23. The average molecular weight is 367 g/mol. The molecule has 0 aliphatic carbocycles. The van der Waals surface area contributed by atoms with Crippen molar-refractivity contribution >= 4 is 27.5 Å². The fraction of sp³-hybridized carbons (Fsp3) is 0.333. The Morgan fingerprint density at radius 1 is 1.00 bits per heavy atom. The normalized spacial score (nSPS) is 12.5. The Bertz CT molecular complexity index is 652. The first-order chi connectivity index (χ1) is 9.93. The molecule has 0 amide bonds. The van der Waals surface area contributed by atoms with Crippen LogP contribution in [0.25, 0.3) is 0 Å². The fourth-order valence-corrected chi connectivity index (χ4v) is 3.23. The number of benzene rings is 2. The summed E-state index contributed by atoms with van der Waals surface area (Å²) in [5.74, 6) is 0. The van der Waals surface area contributed by atoms with E-state index < -0.39 is 0 Å². The number of hydrogen-bond acceptors (Lipinski definition) is 1. The van der Waals surface area contributed by atoms with Gasteiger partial charge in [-0.05, 0) is 73.3 Å². The van der Waals surface area contributed by atoms with Gasteiger partial charge in [0.2, 0.25) is 0 Å². The molecule has 3 heteroatoms. The van der Waals surface area contributed by atoms with Gasteiger partial charge in [-0.2, -0.15) is 0 Å². The Kier molecular flexibility index (Phi) is 5.48. The van der Waals surface area contributed by atoms with Crippen molar-refractivity contribution in [1.82, 2.24) is 5.32 Å². The molecule has 1 unspecified atom stereocenters. The number of halogens is 2. The highest BCUT2D eigenvalue weighted by Gasteiger charge is 2.19. The van der Waals surface area contributed by atoms with Gasteiger partial charge in [-0.1, -0.05) is 46.6 Å². The highest BCUT2D eigenvalue weighted by atomic mass is 79.9. The highest BCUT2D eigenvalue weighted by Crippen LogP contribution is 2.33. The van der Waals surface area contributed by atoms with Crippen molar-refractivity contribution < 1.29 is 0 Å². The van der Waals surface area contributed by atoms with E-state index in [4.69, 9.17) is 11.6 Å². The van der Waals surface area contributed by atoms with E-state index in [1.807, 2.05) is 12.1 Å². The molecule has 1 nitrogen and oxygen atoms in total. The van der Waals surface area contributed by atoms with Crippen molar-refractivity contribution in [2.45, 2.75) is 33.7 Å². The van der Waals surface area contributed by atoms with Crippen LogP contribution in [0, 0.1) is 20.8 Å². The first-order valence-corrected chi connectivity index (χ1v) is 8.37. The number of nitrogens with one attached hydrogen (secondary N) is 1. The van der Waals surface area contributed by atoms with Gasteiger partial charge in [0.05, 0.1) is 6.04 Å². The van der Waals surface area contributed by atoms with Gasteiger partial charge in [0, 0.05) is 9.50 Å². The van der Waals surface area contributed by atoms with E-state index >= 15 is 0 Å². The molecule has 1 N–H and O–H groups in total. The molecule has 112 valence electrons. The third-order valence-electron chi connectivity index (χ3n) is 3.87. The zero-order valence-corrected chi connectivity index (χ0v) is 15.3. The number of hydrogen-bond donors (Lipinski definition) is 1. The third kappa shape index (κ3) is 3.68. The van der Waals surface area contributed by atoms with Crippen LogP contribution in [0.3, 0.4) is 0 Å². The summed E-state index contributed by atoms with van der Waals surface area (Å²) >= 11 is 9.99. The van der Waals surface area contributed by atoms with E-state index in [0.29, 0.717) is 0 Å². The summed E-state index contributed by atoms with van der Waals surface area (Å²) in [4.78, 5) is 0. The monoisotopic (exact) mass is 365 g/mol. The van der Waals surface area contributed by atoms with Crippen molar-refractivity contribution in [1.29, 1.82) is 0 Å². The minimum absolute atomic E-state index is 0.110. The van der Waals surface area contributed by atoms with Crippen molar-refractivity contribution in [2.75, 3.05) is 6.54 Å². The molecule has 0 heterocycles. The van der Waals surface area contributed by atoms with E-state index in [2.05, 4.69) is 67.1 Å².